The van der Waals surface area contributed by atoms with E-state index in [4.69, 9.17) is 17.3 Å². The number of anilines is 1. The number of amides is 1. The zero-order valence-corrected chi connectivity index (χ0v) is 12.3. The smallest absolute Gasteiger partial charge is 0.271 e. The minimum Gasteiger partial charge on any atom is -0.384 e. The second-order valence-corrected chi connectivity index (χ2v) is 5.80. The first-order valence-electron chi connectivity index (χ1n) is 4.99. The van der Waals surface area contributed by atoms with E-state index in [1.54, 1.807) is 23.5 Å². The molecular weight excluding hydrogens is 338 g/mol. The fourth-order valence-electron chi connectivity index (χ4n) is 1.31. The summed E-state index contributed by atoms with van der Waals surface area (Å²) in [7, 11) is 0. The lowest BCUT2D eigenvalue weighted by Gasteiger charge is -2.05. The predicted octanol–water partition coefficient (Wildman–Crippen LogP) is 3.07. The minimum absolute atomic E-state index is 0.146. The Morgan fingerprint density at radius 1 is 1.56 bits per heavy atom. The summed E-state index contributed by atoms with van der Waals surface area (Å²) in [5.74, 6) is -0.0692. The highest BCUT2D eigenvalue weighted by Gasteiger charge is 2.12. The van der Waals surface area contributed by atoms with Gasteiger partial charge in [0.05, 0.1) is 11.6 Å². The molecule has 0 atom stereocenters. The third-order valence-electron chi connectivity index (χ3n) is 2.13. The molecule has 0 saturated heterocycles. The van der Waals surface area contributed by atoms with Gasteiger partial charge in [-0.3, -0.25) is 4.79 Å². The van der Waals surface area contributed by atoms with Gasteiger partial charge in [0.15, 0.2) is 0 Å². The van der Waals surface area contributed by atoms with Gasteiger partial charge in [0.25, 0.3) is 5.91 Å². The molecule has 0 aliphatic heterocycles. The zero-order valence-electron chi connectivity index (χ0n) is 9.11. The molecule has 0 radical (unpaired) electrons. The van der Waals surface area contributed by atoms with Crippen LogP contribution in [0.4, 0.5) is 5.82 Å². The third kappa shape index (κ3) is 3.22. The van der Waals surface area contributed by atoms with E-state index in [-0.39, 0.29) is 22.4 Å². The first-order chi connectivity index (χ1) is 8.56. The molecule has 0 saturated carbocycles. The highest BCUT2D eigenvalue weighted by molar-refractivity contribution is 9.10. The van der Waals surface area contributed by atoms with Crippen LogP contribution < -0.4 is 11.1 Å². The van der Waals surface area contributed by atoms with Gasteiger partial charge in [0.1, 0.15) is 11.5 Å². The molecular formula is C11H9BrClN3OS. The van der Waals surface area contributed by atoms with Crippen LogP contribution in [0.3, 0.4) is 0 Å². The van der Waals surface area contributed by atoms with E-state index in [2.05, 4.69) is 26.2 Å². The number of aromatic nitrogens is 1. The van der Waals surface area contributed by atoms with Crippen LogP contribution in [0.5, 0.6) is 0 Å². The van der Waals surface area contributed by atoms with Crippen molar-refractivity contribution >= 4 is 50.6 Å². The van der Waals surface area contributed by atoms with Gasteiger partial charge in [-0.25, -0.2) is 4.98 Å². The van der Waals surface area contributed by atoms with Crippen LogP contribution in [0.1, 0.15) is 15.4 Å². The summed E-state index contributed by atoms with van der Waals surface area (Å²) < 4.78 is 0.997. The summed E-state index contributed by atoms with van der Waals surface area (Å²) in [6, 6.07) is 5.05. The standard InChI is InChI=1S/C11H9BrClN3OS/c12-6-3-7(18-5-6)4-15-11(17)10-8(13)1-2-9(14)16-10/h1-3,5H,4H2,(H2,14,16)(H,15,17). The van der Waals surface area contributed by atoms with Crippen molar-refractivity contribution in [1.29, 1.82) is 0 Å². The SMILES string of the molecule is Nc1ccc(Cl)c(C(=O)NCc2cc(Br)cs2)n1. The first kappa shape index (κ1) is 13.3. The third-order valence-corrected chi connectivity index (χ3v) is 4.13. The molecule has 0 aromatic carbocycles. The number of nitrogen functional groups attached to an aromatic ring is 1. The molecule has 2 heterocycles. The van der Waals surface area contributed by atoms with E-state index in [1.807, 2.05) is 11.4 Å². The Bertz CT molecular complexity index is 587. The van der Waals surface area contributed by atoms with E-state index < -0.39 is 0 Å². The van der Waals surface area contributed by atoms with Crippen molar-refractivity contribution in [3.8, 4) is 0 Å². The molecule has 3 N–H and O–H groups in total. The average molecular weight is 347 g/mol. The van der Waals surface area contributed by atoms with Gasteiger partial charge in [-0.1, -0.05) is 11.6 Å². The number of carbonyl (C=O) groups is 1. The van der Waals surface area contributed by atoms with Crippen molar-refractivity contribution in [2.24, 2.45) is 0 Å². The van der Waals surface area contributed by atoms with Crippen LogP contribution in [0.2, 0.25) is 5.02 Å². The monoisotopic (exact) mass is 345 g/mol. The lowest BCUT2D eigenvalue weighted by Crippen LogP contribution is -2.24. The average Bonchev–Trinajstić information content (AvgIpc) is 2.75. The van der Waals surface area contributed by atoms with E-state index in [0.29, 0.717) is 6.54 Å². The number of halogens is 2. The fourth-order valence-corrected chi connectivity index (χ4v) is 2.90. The molecule has 2 aromatic heterocycles. The summed E-state index contributed by atoms with van der Waals surface area (Å²) in [5, 5.41) is 4.98. The van der Waals surface area contributed by atoms with Crippen LogP contribution in [0, 0.1) is 0 Å². The lowest BCUT2D eigenvalue weighted by molar-refractivity contribution is 0.0946. The largest absolute Gasteiger partial charge is 0.384 e. The molecule has 2 rings (SSSR count). The zero-order chi connectivity index (χ0) is 13.1. The Kier molecular flexibility index (Phi) is 4.21. The van der Waals surface area contributed by atoms with Gasteiger partial charge >= 0.3 is 0 Å². The number of hydrogen-bond acceptors (Lipinski definition) is 4. The Morgan fingerprint density at radius 2 is 2.33 bits per heavy atom. The predicted molar refractivity (Wildman–Crippen MR) is 76.8 cm³/mol. The second-order valence-electron chi connectivity index (χ2n) is 3.48. The number of nitrogens with zero attached hydrogens (tertiary/aromatic N) is 1. The Morgan fingerprint density at radius 3 is 3.00 bits per heavy atom. The van der Waals surface area contributed by atoms with Gasteiger partial charge in [-0.15, -0.1) is 11.3 Å². The summed E-state index contributed by atoms with van der Waals surface area (Å²) in [5.41, 5.74) is 5.67. The van der Waals surface area contributed by atoms with Crippen LogP contribution >= 0.6 is 38.9 Å². The molecule has 94 valence electrons. The highest BCUT2D eigenvalue weighted by Crippen LogP contribution is 2.20. The van der Waals surface area contributed by atoms with E-state index in [0.717, 1.165) is 9.35 Å². The molecule has 4 nitrogen and oxygen atoms in total. The topological polar surface area (TPSA) is 68.0 Å². The van der Waals surface area contributed by atoms with E-state index in [1.165, 1.54) is 0 Å². The number of hydrogen-bond donors (Lipinski definition) is 2. The molecule has 0 bridgehead atoms. The molecule has 0 unspecified atom stereocenters. The Hall–Kier alpha value is -1.11. The first-order valence-corrected chi connectivity index (χ1v) is 7.04. The number of pyridine rings is 1. The number of rotatable bonds is 3. The Balaban J connectivity index is 2.05. The maximum atomic E-state index is 11.9. The summed E-state index contributed by atoms with van der Waals surface area (Å²) in [6.45, 7) is 0.432. The maximum Gasteiger partial charge on any atom is 0.271 e. The molecule has 0 aliphatic rings. The van der Waals surface area contributed by atoms with Crippen molar-refractivity contribution in [2.45, 2.75) is 6.54 Å². The second kappa shape index (κ2) is 5.69. The van der Waals surface area contributed by atoms with Crippen LogP contribution in [-0.4, -0.2) is 10.9 Å². The van der Waals surface area contributed by atoms with Gasteiger partial charge in [-0.2, -0.15) is 0 Å². The Labute approximate surface area is 121 Å². The van der Waals surface area contributed by atoms with Gasteiger partial charge in [0.2, 0.25) is 0 Å². The van der Waals surface area contributed by atoms with Gasteiger partial charge < -0.3 is 11.1 Å². The van der Waals surface area contributed by atoms with Crippen molar-refractivity contribution in [2.75, 3.05) is 5.73 Å². The number of nitrogens with one attached hydrogen (secondary N) is 1. The normalized spacial score (nSPS) is 10.3. The maximum absolute atomic E-state index is 11.9. The van der Waals surface area contributed by atoms with Crippen LogP contribution in [0.25, 0.3) is 0 Å². The summed E-state index contributed by atoms with van der Waals surface area (Å²) in [4.78, 5) is 16.8. The summed E-state index contributed by atoms with van der Waals surface area (Å²) >= 11 is 10.8. The van der Waals surface area contributed by atoms with Gasteiger partial charge in [-0.05, 0) is 34.1 Å². The van der Waals surface area contributed by atoms with Gasteiger partial charge in [0, 0.05) is 14.7 Å². The molecule has 0 spiro atoms. The number of nitrogens with two attached hydrogens (primary N) is 1. The highest BCUT2D eigenvalue weighted by atomic mass is 79.9. The minimum atomic E-state index is -0.336. The summed E-state index contributed by atoms with van der Waals surface area (Å²) in [6.07, 6.45) is 0. The quantitative estimate of drug-likeness (QED) is 0.897. The van der Waals surface area contributed by atoms with Crippen molar-refractivity contribution in [3.05, 3.63) is 43.6 Å². The molecule has 2 aromatic rings. The number of thiophene rings is 1. The van der Waals surface area contributed by atoms with Crippen molar-refractivity contribution in [1.82, 2.24) is 10.3 Å². The van der Waals surface area contributed by atoms with E-state index >= 15 is 0 Å². The van der Waals surface area contributed by atoms with Crippen LogP contribution in [0.15, 0.2) is 28.1 Å². The molecule has 1 amide bonds. The molecule has 0 fully saturated rings. The fraction of sp³-hybridized carbons (Fsp3) is 0.0909. The van der Waals surface area contributed by atoms with Crippen molar-refractivity contribution in [3.63, 3.8) is 0 Å². The lowest BCUT2D eigenvalue weighted by atomic mass is 10.3. The van der Waals surface area contributed by atoms with Crippen LogP contribution in [-0.2, 0) is 6.54 Å². The van der Waals surface area contributed by atoms with E-state index in [9.17, 15) is 4.79 Å². The molecule has 18 heavy (non-hydrogen) atoms. The molecule has 7 heteroatoms. The number of carbonyl (C=O) groups excluding carboxylic acids is 1. The van der Waals surface area contributed by atoms with Crippen molar-refractivity contribution < 1.29 is 4.79 Å². The molecule has 0 aliphatic carbocycles.